The number of benzene rings is 1. The molecule has 1 aliphatic rings. The summed E-state index contributed by atoms with van der Waals surface area (Å²) in [5.41, 5.74) is -0.439. The normalized spacial score (nSPS) is 18.9. The van der Waals surface area contributed by atoms with Gasteiger partial charge in [0.05, 0.1) is 5.69 Å². The average molecular weight is 277 g/mol. The molecular formula is C15H16FNO3. The van der Waals surface area contributed by atoms with Crippen LogP contribution in [0.5, 0.6) is 0 Å². The summed E-state index contributed by atoms with van der Waals surface area (Å²) >= 11 is 0. The van der Waals surface area contributed by atoms with E-state index in [9.17, 15) is 18.8 Å². The van der Waals surface area contributed by atoms with E-state index < -0.39 is 34.6 Å². The van der Waals surface area contributed by atoms with Crippen LogP contribution in [0.25, 0.3) is 0 Å². The highest BCUT2D eigenvalue weighted by Gasteiger charge is 2.43. The highest BCUT2D eigenvalue weighted by molar-refractivity contribution is 6.23. The molecule has 1 aromatic carbocycles. The number of carbonyl (C=O) groups excluding carboxylic acids is 3. The number of para-hydroxylation sites is 1. The van der Waals surface area contributed by atoms with Gasteiger partial charge in [-0.1, -0.05) is 26.0 Å². The molecule has 0 atom stereocenters. The minimum absolute atomic E-state index is 0.0251. The van der Waals surface area contributed by atoms with Crippen LogP contribution in [0.3, 0.4) is 0 Å². The molecule has 106 valence electrons. The Labute approximate surface area is 116 Å². The van der Waals surface area contributed by atoms with Crippen LogP contribution in [0.4, 0.5) is 10.1 Å². The van der Waals surface area contributed by atoms with Gasteiger partial charge < -0.3 is 5.32 Å². The first-order chi connectivity index (χ1) is 9.30. The number of anilines is 1. The molecule has 2 rings (SSSR count). The second kappa shape index (κ2) is 5.15. The van der Waals surface area contributed by atoms with Crippen molar-refractivity contribution in [2.45, 2.75) is 26.7 Å². The summed E-state index contributed by atoms with van der Waals surface area (Å²) in [6, 6.07) is 5.63. The summed E-state index contributed by atoms with van der Waals surface area (Å²) in [7, 11) is 0. The highest BCUT2D eigenvalue weighted by atomic mass is 19.1. The molecule has 0 spiro atoms. The topological polar surface area (TPSA) is 63.2 Å². The highest BCUT2D eigenvalue weighted by Crippen LogP contribution is 2.34. The van der Waals surface area contributed by atoms with Crippen LogP contribution >= 0.6 is 0 Å². The van der Waals surface area contributed by atoms with Gasteiger partial charge in [0.15, 0.2) is 17.5 Å². The first-order valence-corrected chi connectivity index (χ1v) is 6.41. The summed E-state index contributed by atoms with van der Waals surface area (Å²) in [5, 5.41) is 2.31. The summed E-state index contributed by atoms with van der Waals surface area (Å²) in [6.45, 7) is 3.63. The fourth-order valence-corrected chi connectivity index (χ4v) is 2.45. The largest absolute Gasteiger partial charge is 0.323 e. The van der Waals surface area contributed by atoms with E-state index in [-0.39, 0.29) is 18.5 Å². The van der Waals surface area contributed by atoms with Gasteiger partial charge in [0, 0.05) is 12.8 Å². The molecule has 0 radical (unpaired) electrons. The van der Waals surface area contributed by atoms with Crippen molar-refractivity contribution < 1.29 is 18.8 Å². The maximum absolute atomic E-state index is 13.4. The summed E-state index contributed by atoms with van der Waals surface area (Å²) in [6.07, 6.45) is 0.349. The lowest BCUT2D eigenvalue weighted by atomic mass is 9.71. The molecule has 0 aliphatic heterocycles. The Kier molecular flexibility index (Phi) is 3.70. The Morgan fingerprint density at radius 1 is 1.20 bits per heavy atom. The number of rotatable bonds is 2. The quantitative estimate of drug-likeness (QED) is 0.844. The van der Waals surface area contributed by atoms with Crippen molar-refractivity contribution in [2.75, 3.05) is 5.32 Å². The van der Waals surface area contributed by atoms with Gasteiger partial charge in [0.2, 0.25) is 5.91 Å². The van der Waals surface area contributed by atoms with E-state index in [0.29, 0.717) is 0 Å². The lowest BCUT2D eigenvalue weighted by molar-refractivity contribution is -0.144. The Hall–Kier alpha value is -2.04. The average Bonchev–Trinajstić information content (AvgIpc) is 2.29. The second-order valence-corrected chi connectivity index (χ2v) is 5.85. The third kappa shape index (κ3) is 2.92. The van der Waals surface area contributed by atoms with Crippen molar-refractivity contribution in [2.24, 2.45) is 11.3 Å². The summed E-state index contributed by atoms with van der Waals surface area (Å²) < 4.78 is 13.4. The Bertz CT molecular complexity index is 560. The summed E-state index contributed by atoms with van der Waals surface area (Å²) in [4.78, 5) is 36.0. The molecule has 0 saturated heterocycles. The van der Waals surface area contributed by atoms with Crippen molar-refractivity contribution in [1.82, 2.24) is 0 Å². The van der Waals surface area contributed by atoms with E-state index >= 15 is 0 Å². The predicted molar refractivity (Wildman–Crippen MR) is 71.5 cm³/mol. The third-order valence-electron chi connectivity index (χ3n) is 3.34. The monoisotopic (exact) mass is 277 g/mol. The molecule has 1 fully saturated rings. The van der Waals surface area contributed by atoms with Gasteiger partial charge in [-0.3, -0.25) is 14.4 Å². The van der Waals surface area contributed by atoms with Crippen LogP contribution in [0.15, 0.2) is 24.3 Å². The molecule has 0 aromatic heterocycles. The zero-order valence-corrected chi connectivity index (χ0v) is 11.4. The van der Waals surface area contributed by atoms with E-state index in [1.54, 1.807) is 6.07 Å². The van der Waals surface area contributed by atoms with Crippen molar-refractivity contribution in [1.29, 1.82) is 0 Å². The molecular weight excluding hydrogens is 261 g/mol. The Morgan fingerprint density at radius 2 is 1.75 bits per heavy atom. The SMILES string of the molecule is CC1(C)CC(=O)C(C(=O)Nc2ccccc2F)C(=O)C1. The van der Waals surface area contributed by atoms with Gasteiger partial charge in [-0.25, -0.2) is 4.39 Å². The fourth-order valence-electron chi connectivity index (χ4n) is 2.45. The van der Waals surface area contributed by atoms with E-state index in [1.807, 2.05) is 13.8 Å². The van der Waals surface area contributed by atoms with Crippen molar-refractivity contribution in [3.8, 4) is 0 Å². The first-order valence-electron chi connectivity index (χ1n) is 6.41. The van der Waals surface area contributed by atoms with Crippen LogP contribution in [-0.4, -0.2) is 17.5 Å². The molecule has 0 unspecified atom stereocenters. The molecule has 1 N–H and O–H groups in total. The van der Waals surface area contributed by atoms with Crippen molar-refractivity contribution in [3.63, 3.8) is 0 Å². The lowest BCUT2D eigenvalue weighted by Crippen LogP contribution is -2.44. The van der Waals surface area contributed by atoms with Gasteiger partial charge in [-0.2, -0.15) is 0 Å². The van der Waals surface area contributed by atoms with Crippen molar-refractivity contribution in [3.05, 3.63) is 30.1 Å². The van der Waals surface area contributed by atoms with Crippen LogP contribution < -0.4 is 5.32 Å². The minimum atomic E-state index is -1.32. The fraction of sp³-hybridized carbons (Fsp3) is 0.400. The summed E-state index contributed by atoms with van der Waals surface area (Å²) in [5.74, 6) is -3.47. The Balaban J connectivity index is 2.16. The maximum Gasteiger partial charge on any atom is 0.242 e. The van der Waals surface area contributed by atoms with Gasteiger partial charge in [-0.15, -0.1) is 0 Å². The molecule has 20 heavy (non-hydrogen) atoms. The first kappa shape index (κ1) is 14.4. The molecule has 1 saturated carbocycles. The van der Waals surface area contributed by atoms with Gasteiger partial charge >= 0.3 is 0 Å². The standard InChI is InChI=1S/C15H16FNO3/c1-15(2)7-11(18)13(12(19)8-15)14(20)17-10-6-4-3-5-9(10)16/h3-6,13H,7-8H2,1-2H3,(H,17,20). The number of hydrogen-bond acceptors (Lipinski definition) is 3. The number of hydrogen-bond donors (Lipinski definition) is 1. The molecule has 0 bridgehead atoms. The zero-order chi connectivity index (χ0) is 14.9. The molecule has 5 heteroatoms. The third-order valence-corrected chi connectivity index (χ3v) is 3.34. The van der Waals surface area contributed by atoms with Gasteiger partial charge in [0.25, 0.3) is 0 Å². The maximum atomic E-state index is 13.4. The molecule has 0 heterocycles. The number of amides is 1. The molecule has 1 amide bonds. The smallest absolute Gasteiger partial charge is 0.242 e. The lowest BCUT2D eigenvalue weighted by Gasteiger charge is -2.31. The zero-order valence-electron chi connectivity index (χ0n) is 11.4. The minimum Gasteiger partial charge on any atom is -0.323 e. The van der Waals surface area contributed by atoms with Crippen molar-refractivity contribution >= 4 is 23.2 Å². The number of Topliss-reactive ketones (excluding diaryl/α,β-unsaturated/α-hetero) is 2. The van der Waals surface area contributed by atoms with Gasteiger partial charge in [-0.05, 0) is 17.5 Å². The van der Waals surface area contributed by atoms with E-state index in [1.165, 1.54) is 18.2 Å². The van der Waals surface area contributed by atoms with Crippen LogP contribution in [0, 0.1) is 17.2 Å². The number of halogens is 1. The molecule has 4 nitrogen and oxygen atoms in total. The number of nitrogens with one attached hydrogen (secondary N) is 1. The number of carbonyl (C=O) groups is 3. The molecule has 1 aliphatic carbocycles. The van der Waals surface area contributed by atoms with Gasteiger partial charge in [0.1, 0.15) is 5.82 Å². The molecule has 1 aromatic rings. The van der Waals surface area contributed by atoms with Crippen LogP contribution in [0.2, 0.25) is 0 Å². The van der Waals surface area contributed by atoms with Crippen LogP contribution in [-0.2, 0) is 14.4 Å². The van der Waals surface area contributed by atoms with E-state index in [0.717, 1.165) is 0 Å². The van der Waals surface area contributed by atoms with Crippen LogP contribution in [0.1, 0.15) is 26.7 Å². The Morgan fingerprint density at radius 3 is 2.30 bits per heavy atom. The predicted octanol–water partition coefficient (Wildman–Crippen LogP) is 2.34. The van der Waals surface area contributed by atoms with E-state index in [2.05, 4.69) is 5.32 Å². The van der Waals surface area contributed by atoms with E-state index in [4.69, 9.17) is 0 Å². The number of ketones is 2. The second-order valence-electron chi connectivity index (χ2n) is 5.85.